The molecule has 22 atom stereocenters. The molecule has 62 heavy (non-hydrogen) atoms. The van der Waals surface area contributed by atoms with Gasteiger partial charge in [0.15, 0.2) is 17.9 Å². The minimum absolute atomic E-state index is 0.0261. The lowest BCUT2D eigenvalue weighted by Crippen LogP contribution is -2.59. The van der Waals surface area contributed by atoms with Gasteiger partial charge in [-0.2, -0.15) is 0 Å². The third kappa shape index (κ3) is 12.4. The summed E-state index contributed by atoms with van der Waals surface area (Å²) in [7, 11) is 0. The van der Waals surface area contributed by atoms with Gasteiger partial charge in [-0.3, -0.25) is 0 Å². The highest BCUT2D eigenvalue weighted by atomic mass is 16.7. The van der Waals surface area contributed by atoms with E-state index in [4.69, 9.17) is 28.4 Å². The van der Waals surface area contributed by atoms with E-state index in [1.807, 2.05) is 13.8 Å². The molecule has 15 heteroatoms. The van der Waals surface area contributed by atoms with Crippen LogP contribution >= 0.6 is 0 Å². The monoisotopic (exact) mass is 881 g/mol. The largest absolute Gasteiger partial charge is 0.458 e. The number of carbonyl (C=O) groups excluding carboxylic acids is 2. The summed E-state index contributed by atoms with van der Waals surface area (Å²) in [5.74, 6) is -9.54. The van der Waals surface area contributed by atoms with Crippen molar-refractivity contribution in [2.24, 2.45) is 47.3 Å². The standard InChI is InChI=1S/C47H76O15/c1-12-34-32(10)62-46(55,22-36(34)49)29(7)41(52)27(5)44-24(2)17-13-15-20-39(51)60-45(25(3)18-14-16-19-38(50)59-44)28(6)42(53)30(8)47(56)23-37(26(4)31(9)61-47)58-40-21-35(48)43(54)33(11)57-40/h13-20,24-37,40-45,48-49,52-56H,12,21-23H2,1-11H3. The molecule has 0 bridgehead atoms. The van der Waals surface area contributed by atoms with Gasteiger partial charge in [0.1, 0.15) is 18.3 Å². The first-order valence-electron chi connectivity index (χ1n) is 22.6. The molecule has 4 aliphatic heterocycles. The molecule has 7 N–H and O–H groups in total. The second-order valence-corrected chi connectivity index (χ2v) is 18.8. The van der Waals surface area contributed by atoms with Crippen LogP contribution in [0.3, 0.4) is 0 Å². The SMILES string of the molecule is CCC1C(O)CC(O)(C(C)C(O)C(C)C2OC(=O)C=CC=CC(C)C(C(C)C(O)C(C)C3(O)CC(OC4CC(O)C(O)C(C)O4)C(C)C(C)O3)OC(=O)C=CC=CC2C)OC1C. The van der Waals surface area contributed by atoms with Gasteiger partial charge in [-0.1, -0.05) is 91.8 Å². The molecule has 0 aromatic rings. The number of rotatable bonds is 11. The van der Waals surface area contributed by atoms with Crippen LogP contribution in [0.15, 0.2) is 48.6 Å². The lowest BCUT2D eigenvalue weighted by atomic mass is 9.76. The van der Waals surface area contributed by atoms with Crippen LogP contribution in [0.5, 0.6) is 0 Å². The van der Waals surface area contributed by atoms with Crippen LogP contribution < -0.4 is 0 Å². The number of carbonyl (C=O) groups is 2. The van der Waals surface area contributed by atoms with Crippen LogP contribution in [0, 0.1) is 47.3 Å². The number of ether oxygens (including phenoxy) is 6. The van der Waals surface area contributed by atoms with E-state index in [2.05, 4.69) is 0 Å². The molecule has 0 aromatic heterocycles. The Morgan fingerprint density at radius 3 is 1.61 bits per heavy atom. The van der Waals surface area contributed by atoms with Gasteiger partial charge in [-0.25, -0.2) is 9.59 Å². The molecule has 0 amide bonds. The Balaban J connectivity index is 1.49. The van der Waals surface area contributed by atoms with Gasteiger partial charge in [0.25, 0.3) is 0 Å². The molecular weight excluding hydrogens is 805 g/mol. The van der Waals surface area contributed by atoms with E-state index in [0.29, 0.717) is 6.42 Å². The van der Waals surface area contributed by atoms with Crippen molar-refractivity contribution in [3.05, 3.63) is 48.6 Å². The summed E-state index contributed by atoms with van der Waals surface area (Å²) in [6.07, 6.45) is 2.58. The van der Waals surface area contributed by atoms with E-state index >= 15 is 0 Å². The summed E-state index contributed by atoms with van der Waals surface area (Å²) < 4.78 is 36.2. The van der Waals surface area contributed by atoms with Gasteiger partial charge in [-0.15, -0.1) is 0 Å². The van der Waals surface area contributed by atoms with Gasteiger partial charge < -0.3 is 64.2 Å². The van der Waals surface area contributed by atoms with Crippen molar-refractivity contribution in [3.8, 4) is 0 Å². The first kappa shape index (κ1) is 52.1. The first-order valence-corrected chi connectivity index (χ1v) is 22.6. The summed E-state index contributed by atoms with van der Waals surface area (Å²) in [5.41, 5.74) is 0. The molecule has 354 valence electrons. The molecule has 0 spiro atoms. The second kappa shape index (κ2) is 22.1. The van der Waals surface area contributed by atoms with Gasteiger partial charge in [0.2, 0.25) is 0 Å². The second-order valence-electron chi connectivity index (χ2n) is 18.8. The fourth-order valence-electron chi connectivity index (χ4n) is 9.68. The number of hydrogen-bond donors (Lipinski definition) is 7. The van der Waals surface area contributed by atoms with Crippen molar-refractivity contribution in [1.82, 2.24) is 0 Å². The van der Waals surface area contributed by atoms with Gasteiger partial charge >= 0.3 is 11.9 Å². The van der Waals surface area contributed by atoms with Crippen LogP contribution in [0.2, 0.25) is 0 Å². The highest BCUT2D eigenvalue weighted by molar-refractivity contribution is 5.83. The van der Waals surface area contributed by atoms with Crippen molar-refractivity contribution in [1.29, 1.82) is 0 Å². The number of esters is 2. The summed E-state index contributed by atoms with van der Waals surface area (Å²) in [6.45, 7) is 19.4. The minimum atomic E-state index is -1.86. The Kier molecular flexibility index (Phi) is 18.6. The van der Waals surface area contributed by atoms with Crippen LogP contribution in [0.4, 0.5) is 0 Å². The highest BCUT2D eigenvalue weighted by Crippen LogP contribution is 2.43. The van der Waals surface area contributed by atoms with Crippen molar-refractivity contribution in [2.75, 3.05) is 0 Å². The van der Waals surface area contributed by atoms with Crippen LogP contribution in [-0.4, -0.2) is 133 Å². The van der Waals surface area contributed by atoms with Gasteiger partial charge in [0, 0.05) is 78.8 Å². The molecular formula is C47H76O15. The van der Waals surface area contributed by atoms with E-state index in [0.717, 1.165) is 0 Å². The van der Waals surface area contributed by atoms with Crippen LogP contribution in [0.1, 0.15) is 102 Å². The maximum atomic E-state index is 13.3. The third-order valence-corrected chi connectivity index (χ3v) is 14.3. The molecule has 0 aromatic carbocycles. The van der Waals surface area contributed by atoms with Crippen molar-refractivity contribution < 1.29 is 73.8 Å². The zero-order valence-corrected chi connectivity index (χ0v) is 38.4. The minimum Gasteiger partial charge on any atom is -0.458 e. The predicted molar refractivity (Wildman–Crippen MR) is 228 cm³/mol. The van der Waals surface area contributed by atoms with Crippen molar-refractivity contribution in [3.63, 3.8) is 0 Å². The Morgan fingerprint density at radius 2 is 1.16 bits per heavy atom. The van der Waals surface area contributed by atoms with E-state index in [1.54, 1.807) is 86.6 Å². The third-order valence-electron chi connectivity index (χ3n) is 14.3. The fourth-order valence-corrected chi connectivity index (χ4v) is 9.68. The smallest absolute Gasteiger partial charge is 0.331 e. The van der Waals surface area contributed by atoms with Crippen LogP contribution in [0.25, 0.3) is 0 Å². The average molecular weight is 881 g/mol. The number of cyclic esters (lactones) is 2. The topological polar surface area (TPSA) is 231 Å². The zero-order chi connectivity index (χ0) is 46.4. The first-order chi connectivity index (χ1) is 28.9. The number of aliphatic hydroxyl groups excluding tert-OH is 5. The van der Waals surface area contributed by atoms with E-state index in [-0.39, 0.29) is 31.1 Å². The molecule has 4 aliphatic rings. The van der Waals surface area contributed by atoms with Crippen LogP contribution in [-0.2, 0) is 38.0 Å². The van der Waals surface area contributed by atoms with E-state index < -0.39 is 132 Å². The Bertz CT molecular complexity index is 1560. The van der Waals surface area contributed by atoms with Gasteiger partial charge in [-0.05, 0) is 27.2 Å². The summed E-state index contributed by atoms with van der Waals surface area (Å²) in [6, 6.07) is 0. The highest BCUT2D eigenvalue weighted by Gasteiger charge is 2.53. The Labute approximate surface area is 367 Å². The molecule has 15 nitrogen and oxygen atoms in total. The number of allylic oxidation sites excluding steroid dienone is 4. The lowest BCUT2D eigenvalue weighted by Gasteiger charge is -2.49. The molecule has 0 aliphatic carbocycles. The Hall–Kier alpha value is -2.54. The molecule has 22 unspecified atom stereocenters. The summed E-state index contributed by atoms with van der Waals surface area (Å²) >= 11 is 0. The number of aliphatic hydroxyl groups is 7. The quantitative estimate of drug-likeness (QED) is 0.146. The van der Waals surface area contributed by atoms with E-state index in [9.17, 15) is 45.3 Å². The Morgan fingerprint density at radius 1 is 0.694 bits per heavy atom. The van der Waals surface area contributed by atoms with Crippen molar-refractivity contribution in [2.45, 2.75) is 187 Å². The maximum Gasteiger partial charge on any atom is 0.331 e. The maximum absolute atomic E-state index is 13.3. The molecule has 0 saturated carbocycles. The molecule has 4 heterocycles. The summed E-state index contributed by atoms with van der Waals surface area (Å²) in [5, 5.41) is 78.3. The molecule has 0 radical (unpaired) electrons. The average Bonchev–Trinajstić information content (AvgIpc) is 3.20. The van der Waals surface area contributed by atoms with Gasteiger partial charge in [0.05, 0.1) is 48.8 Å². The number of hydrogen-bond acceptors (Lipinski definition) is 15. The normalized spacial score (nSPS) is 43.2. The lowest BCUT2D eigenvalue weighted by molar-refractivity contribution is -0.343. The predicted octanol–water partition coefficient (Wildman–Crippen LogP) is 3.85. The molecule has 3 saturated heterocycles. The van der Waals surface area contributed by atoms with Crippen molar-refractivity contribution >= 4 is 11.9 Å². The molecule has 3 fully saturated rings. The zero-order valence-electron chi connectivity index (χ0n) is 38.4. The molecule has 4 rings (SSSR count). The fraction of sp³-hybridized carbons (Fsp3) is 0.787. The summed E-state index contributed by atoms with van der Waals surface area (Å²) in [4.78, 5) is 26.6. The van der Waals surface area contributed by atoms with E-state index in [1.165, 1.54) is 24.3 Å².